The van der Waals surface area contributed by atoms with Gasteiger partial charge in [-0.05, 0) is 24.3 Å². The quantitative estimate of drug-likeness (QED) is 0.803. The van der Waals surface area contributed by atoms with Gasteiger partial charge in [-0.25, -0.2) is 14.1 Å². The number of anilines is 1. The molecule has 0 radical (unpaired) electrons. The second-order valence-electron chi connectivity index (χ2n) is 4.56. The number of halogens is 1. The number of hydrogen-bond acceptors (Lipinski definition) is 4. The Hall–Kier alpha value is -3.20. The van der Waals surface area contributed by atoms with Crippen LogP contribution in [0.4, 0.5) is 10.1 Å². The van der Waals surface area contributed by atoms with Crippen LogP contribution in [0.15, 0.2) is 55.0 Å². The molecule has 0 aliphatic rings. The van der Waals surface area contributed by atoms with Crippen LogP contribution in [-0.4, -0.2) is 14.8 Å². The molecule has 0 amide bonds. The molecule has 0 saturated heterocycles. The number of rotatable bonds is 4. The standard InChI is InChI=1S/C16H12FN5/c17-14-5-1-6-15(13(14)10-18)20-11-12-4-2-7-19-16(12)22-9-3-8-21-22/h1-9,20H,11H2. The minimum atomic E-state index is -0.536. The first kappa shape index (κ1) is 13.8. The summed E-state index contributed by atoms with van der Waals surface area (Å²) >= 11 is 0. The van der Waals surface area contributed by atoms with Crippen molar-refractivity contribution < 1.29 is 4.39 Å². The molecule has 1 N–H and O–H groups in total. The van der Waals surface area contributed by atoms with Crippen molar-refractivity contribution in [1.82, 2.24) is 14.8 Å². The second kappa shape index (κ2) is 6.06. The van der Waals surface area contributed by atoms with Crippen LogP contribution in [-0.2, 0) is 6.54 Å². The number of nitrogens with one attached hydrogen (secondary N) is 1. The van der Waals surface area contributed by atoms with Crippen molar-refractivity contribution >= 4 is 5.69 Å². The van der Waals surface area contributed by atoms with E-state index in [-0.39, 0.29) is 5.56 Å². The van der Waals surface area contributed by atoms with E-state index < -0.39 is 5.82 Å². The van der Waals surface area contributed by atoms with Crippen LogP contribution in [0.1, 0.15) is 11.1 Å². The van der Waals surface area contributed by atoms with Crippen LogP contribution in [0, 0.1) is 17.1 Å². The summed E-state index contributed by atoms with van der Waals surface area (Å²) in [6.45, 7) is 0.404. The summed E-state index contributed by atoms with van der Waals surface area (Å²) in [7, 11) is 0. The van der Waals surface area contributed by atoms with E-state index in [1.807, 2.05) is 24.3 Å². The Balaban J connectivity index is 1.87. The molecule has 6 heteroatoms. The van der Waals surface area contributed by atoms with E-state index in [0.717, 1.165) is 5.56 Å². The van der Waals surface area contributed by atoms with Gasteiger partial charge in [0.05, 0.1) is 5.69 Å². The first-order valence-corrected chi connectivity index (χ1v) is 6.66. The molecule has 0 aliphatic carbocycles. The lowest BCUT2D eigenvalue weighted by atomic mass is 10.1. The lowest BCUT2D eigenvalue weighted by Crippen LogP contribution is -2.08. The van der Waals surface area contributed by atoms with Gasteiger partial charge in [-0.2, -0.15) is 10.4 Å². The minimum absolute atomic E-state index is 0.00651. The van der Waals surface area contributed by atoms with Crippen molar-refractivity contribution in [2.45, 2.75) is 6.54 Å². The molecule has 108 valence electrons. The smallest absolute Gasteiger partial charge is 0.158 e. The van der Waals surface area contributed by atoms with Gasteiger partial charge in [-0.3, -0.25) is 0 Å². The molecule has 2 aromatic heterocycles. The summed E-state index contributed by atoms with van der Waals surface area (Å²) in [6, 6.07) is 11.9. The van der Waals surface area contributed by atoms with Crippen molar-refractivity contribution in [2.24, 2.45) is 0 Å². The van der Waals surface area contributed by atoms with Crippen LogP contribution in [0.25, 0.3) is 5.82 Å². The van der Waals surface area contributed by atoms with Gasteiger partial charge < -0.3 is 5.32 Å². The first-order chi connectivity index (χ1) is 10.8. The van der Waals surface area contributed by atoms with E-state index in [1.165, 1.54) is 6.07 Å². The van der Waals surface area contributed by atoms with Crippen LogP contribution in [0.5, 0.6) is 0 Å². The van der Waals surface area contributed by atoms with Crippen molar-refractivity contribution in [2.75, 3.05) is 5.32 Å². The van der Waals surface area contributed by atoms with Gasteiger partial charge in [0.25, 0.3) is 0 Å². The zero-order chi connectivity index (χ0) is 15.4. The average molecular weight is 293 g/mol. The fourth-order valence-corrected chi connectivity index (χ4v) is 2.14. The SMILES string of the molecule is N#Cc1c(F)cccc1NCc1cccnc1-n1cccn1. The van der Waals surface area contributed by atoms with E-state index in [0.29, 0.717) is 18.1 Å². The fraction of sp³-hybridized carbons (Fsp3) is 0.0625. The maximum absolute atomic E-state index is 13.6. The highest BCUT2D eigenvalue weighted by Gasteiger charge is 2.09. The highest BCUT2D eigenvalue weighted by Crippen LogP contribution is 2.19. The summed E-state index contributed by atoms with van der Waals surface area (Å²) in [4.78, 5) is 4.31. The molecule has 0 atom stereocenters. The second-order valence-corrected chi connectivity index (χ2v) is 4.56. The number of benzene rings is 1. The molecule has 1 aromatic carbocycles. The Labute approximate surface area is 126 Å². The van der Waals surface area contributed by atoms with Crippen LogP contribution < -0.4 is 5.32 Å². The van der Waals surface area contributed by atoms with Crippen molar-refractivity contribution in [3.8, 4) is 11.9 Å². The molecule has 22 heavy (non-hydrogen) atoms. The summed E-state index contributed by atoms with van der Waals surface area (Å²) < 4.78 is 15.3. The summed E-state index contributed by atoms with van der Waals surface area (Å²) in [5.74, 6) is 0.154. The van der Waals surface area contributed by atoms with E-state index >= 15 is 0 Å². The Kier molecular flexibility index (Phi) is 3.79. The molecule has 3 rings (SSSR count). The number of hydrogen-bond donors (Lipinski definition) is 1. The zero-order valence-electron chi connectivity index (χ0n) is 11.6. The fourth-order valence-electron chi connectivity index (χ4n) is 2.14. The molecule has 0 fully saturated rings. The predicted octanol–water partition coefficient (Wildman–Crippen LogP) is 2.89. The maximum atomic E-state index is 13.6. The third kappa shape index (κ3) is 2.65. The maximum Gasteiger partial charge on any atom is 0.158 e. The molecule has 2 heterocycles. The van der Waals surface area contributed by atoms with Crippen LogP contribution in [0.2, 0.25) is 0 Å². The van der Waals surface area contributed by atoms with Gasteiger partial charge in [0.2, 0.25) is 0 Å². The van der Waals surface area contributed by atoms with Gasteiger partial charge >= 0.3 is 0 Å². The molecule has 0 unspecified atom stereocenters. The average Bonchev–Trinajstić information content (AvgIpc) is 3.07. The number of nitriles is 1. The summed E-state index contributed by atoms with van der Waals surface area (Å²) in [6.07, 6.45) is 5.16. The molecule has 0 bridgehead atoms. The lowest BCUT2D eigenvalue weighted by molar-refractivity contribution is 0.624. The summed E-state index contributed by atoms with van der Waals surface area (Å²) in [5, 5.41) is 16.3. The normalized spacial score (nSPS) is 10.2. The molecule has 0 aliphatic heterocycles. The van der Waals surface area contributed by atoms with Crippen LogP contribution in [0.3, 0.4) is 0 Å². The predicted molar refractivity (Wildman–Crippen MR) is 79.8 cm³/mol. The topological polar surface area (TPSA) is 66.5 Å². The molecular weight excluding hydrogens is 281 g/mol. The Bertz CT molecular complexity index is 821. The zero-order valence-corrected chi connectivity index (χ0v) is 11.6. The van der Waals surface area contributed by atoms with E-state index in [9.17, 15) is 4.39 Å². The number of aromatic nitrogens is 3. The van der Waals surface area contributed by atoms with Crippen molar-refractivity contribution in [3.63, 3.8) is 0 Å². The number of pyridine rings is 1. The van der Waals surface area contributed by atoms with Gasteiger partial charge in [0.1, 0.15) is 17.4 Å². The third-order valence-corrected chi connectivity index (χ3v) is 3.18. The van der Waals surface area contributed by atoms with E-state index in [1.54, 1.807) is 35.4 Å². The van der Waals surface area contributed by atoms with Crippen molar-refractivity contribution in [1.29, 1.82) is 5.26 Å². The molecule has 3 aromatic rings. The minimum Gasteiger partial charge on any atom is -0.380 e. The largest absolute Gasteiger partial charge is 0.380 e. The van der Waals surface area contributed by atoms with E-state index in [4.69, 9.17) is 5.26 Å². The van der Waals surface area contributed by atoms with Gasteiger partial charge in [0.15, 0.2) is 5.82 Å². The van der Waals surface area contributed by atoms with Gasteiger partial charge in [-0.1, -0.05) is 12.1 Å². The highest BCUT2D eigenvalue weighted by molar-refractivity contribution is 5.58. The van der Waals surface area contributed by atoms with Crippen molar-refractivity contribution in [3.05, 3.63) is 71.9 Å². The Morgan fingerprint density at radius 2 is 2.09 bits per heavy atom. The molecule has 5 nitrogen and oxygen atoms in total. The van der Waals surface area contributed by atoms with Crippen LogP contribution >= 0.6 is 0 Å². The van der Waals surface area contributed by atoms with Gasteiger partial charge in [0, 0.05) is 30.7 Å². The first-order valence-electron chi connectivity index (χ1n) is 6.66. The number of nitrogens with zero attached hydrogens (tertiary/aromatic N) is 4. The lowest BCUT2D eigenvalue weighted by Gasteiger charge is -2.11. The van der Waals surface area contributed by atoms with E-state index in [2.05, 4.69) is 15.4 Å². The Morgan fingerprint density at radius 3 is 2.86 bits per heavy atom. The highest BCUT2D eigenvalue weighted by atomic mass is 19.1. The monoisotopic (exact) mass is 293 g/mol. The molecule has 0 spiro atoms. The Morgan fingerprint density at radius 1 is 1.18 bits per heavy atom. The molecule has 0 saturated carbocycles. The third-order valence-electron chi connectivity index (χ3n) is 3.18. The molecular formula is C16H12FN5. The van der Waals surface area contributed by atoms with Gasteiger partial charge in [-0.15, -0.1) is 0 Å². The summed E-state index contributed by atoms with van der Waals surface area (Å²) in [5.41, 5.74) is 1.35.